The van der Waals surface area contributed by atoms with Gasteiger partial charge in [0.15, 0.2) is 9.84 Å². The first kappa shape index (κ1) is 20.9. The quantitative estimate of drug-likeness (QED) is 0.780. The van der Waals surface area contributed by atoms with E-state index in [1.54, 1.807) is 29.2 Å². The molecule has 2 aromatic carbocycles. The van der Waals surface area contributed by atoms with E-state index in [2.05, 4.69) is 5.32 Å². The number of benzene rings is 2. The molecule has 2 aromatic rings. The van der Waals surface area contributed by atoms with Gasteiger partial charge in [0.1, 0.15) is 17.3 Å². The molecule has 7 nitrogen and oxygen atoms in total. The first-order valence-corrected chi connectivity index (χ1v) is 11.2. The fraction of sp³-hybridized carbons (Fsp3) is 0.333. The summed E-state index contributed by atoms with van der Waals surface area (Å²) in [6.07, 6.45) is 0.625. The molecule has 1 aliphatic rings. The number of rotatable bonds is 6. The van der Waals surface area contributed by atoms with Gasteiger partial charge >= 0.3 is 0 Å². The number of ether oxygens (including phenoxy) is 1. The van der Waals surface area contributed by atoms with Crippen molar-refractivity contribution in [3.63, 3.8) is 0 Å². The van der Waals surface area contributed by atoms with Gasteiger partial charge in [0.05, 0.1) is 10.8 Å². The van der Waals surface area contributed by atoms with Crippen LogP contribution in [0.1, 0.15) is 23.2 Å². The highest BCUT2D eigenvalue weighted by Crippen LogP contribution is 2.28. The van der Waals surface area contributed by atoms with Crippen molar-refractivity contribution < 1.29 is 22.7 Å². The van der Waals surface area contributed by atoms with Crippen molar-refractivity contribution in [1.82, 2.24) is 10.2 Å². The predicted octanol–water partition coefficient (Wildman–Crippen LogP) is 2.24. The van der Waals surface area contributed by atoms with E-state index in [0.717, 1.165) is 0 Å². The maximum absolute atomic E-state index is 13.0. The number of carbonyl (C=O) groups is 2. The summed E-state index contributed by atoms with van der Waals surface area (Å²) >= 11 is 0. The number of nitrogens with zero attached hydrogens (tertiary/aromatic N) is 1. The average Bonchev–Trinajstić information content (AvgIpc) is 2.74. The fourth-order valence-corrected chi connectivity index (χ4v) is 4.98. The second kappa shape index (κ2) is 9.09. The van der Waals surface area contributed by atoms with Crippen molar-refractivity contribution in [3.05, 3.63) is 60.2 Å². The topological polar surface area (TPSA) is 92.8 Å². The van der Waals surface area contributed by atoms with Crippen molar-refractivity contribution in [2.75, 3.05) is 25.9 Å². The molecule has 29 heavy (non-hydrogen) atoms. The molecule has 1 saturated heterocycles. The predicted molar refractivity (Wildman–Crippen MR) is 110 cm³/mol. The van der Waals surface area contributed by atoms with Crippen molar-refractivity contribution in [3.8, 4) is 11.5 Å². The molecule has 0 radical (unpaired) electrons. The summed E-state index contributed by atoms with van der Waals surface area (Å²) in [5.41, 5.74) is 0.433. The Morgan fingerprint density at radius 3 is 2.31 bits per heavy atom. The maximum atomic E-state index is 13.0. The molecule has 0 saturated carbocycles. The Kier molecular flexibility index (Phi) is 6.53. The van der Waals surface area contributed by atoms with E-state index >= 15 is 0 Å². The molecule has 8 heteroatoms. The molecule has 0 bridgehead atoms. The molecule has 1 aliphatic heterocycles. The minimum absolute atomic E-state index is 0.196. The Labute approximate surface area is 170 Å². The standard InChI is InChI=1S/C21H24N2O5S/c1-22-20(24)15-29(26,27)17-11-13-23(14-12-17)21(25)18-9-5-6-10-19(18)28-16-7-3-2-4-8-16/h2-10,17H,11-15H2,1H3,(H,22,24). The summed E-state index contributed by atoms with van der Waals surface area (Å²) in [5, 5.41) is 1.73. The number of para-hydroxylation sites is 2. The lowest BCUT2D eigenvalue weighted by molar-refractivity contribution is -0.118. The minimum Gasteiger partial charge on any atom is -0.457 e. The van der Waals surface area contributed by atoms with Gasteiger partial charge in [-0.15, -0.1) is 0 Å². The highest BCUT2D eigenvalue weighted by molar-refractivity contribution is 7.92. The van der Waals surface area contributed by atoms with Crippen molar-refractivity contribution in [2.24, 2.45) is 0 Å². The third kappa shape index (κ3) is 5.14. The van der Waals surface area contributed by atoms with Crippen LogP contribution >= 0.6 is 0 Å². The number of sulfone groups is 1. The molecule has 1 N–H and O–H groups in total. The first-order chi connectivity index (χ1) is 13.9. The maximum Gasteiger partial charge on any atom is 0.257 e. The van der Waals surface area contributed by atoms with E-state index < -0.39 is 26.7 Å². The van der Waals surface area contributed by atoms with Crippen LogP contribution in [0.25, 0.3) is 0 Å². The molecule has 0 unspecified atom stereocenters. The fourth-order valence-electron chi connectivity index (χ4n) is 3.31. The summed E-state index contributed by atoms with van der Waals surface area (Å²) < 4.78 is 30.6. The van der Waals surface area contributed by atoms with Gasteiger partial charge < -0.3 is 15.0 Å². The highest BCUT2D eigenvalue weighted by Gasteiger charge is 2.33. The zero-order chi connectivity index (χ0) is 20.9. The SMILES string of the molecule is CNC(=O)CS(=O)(=O)C1CCN(C(=O)c2ccccc2Oc2ccccc2)CC1. The molecule has 2 amide bonds. The van der Waals surface area contributed by atoms with Crippen LogP contribution in [0.3, 0.4) is 0 Å². The van der Waals surface area contributed by atoms with Crippen molar-refractivity contribution in [2.45, 2.75) is 18.1 Å². The molecule has 0 atom stereocenters. The normalized spacial score (nSPS) is 15.0. The third-order valence-corrected chi connectivity index (χ3v) is 7.09. The Bertz CT molecular complexity index is 968. The molecule has 3 rings (SSSR count). The van der Waals surface area contributed by atoms with Gasteiger partial charge in [-0.25, -0.2) is 8.42 Å². The Morgan fingerprint density at radius 2 is 1.66 bits per heavy atom. The molecular weight excluding hydrogens is 392 g/mol. The van der Waals surface area contributed by atoms with E-state index in [4.69, 9.17) is 4.74 Å². The lowest BCUT2D eigenvalue weighted by atomic mass is 10.1. The monoisotopic (exact) mass is 416 g/mol. The highest BCUT2D eigenvalue weighted by atomic mass is 32.2. The zero-order valence-electron chi connectivity index (χ0n) is 16.2. The van der Waals surface area contributed by atoms with E-state index in [0.29, 0.717) is 43.0 Å². The molecular formula is C21H24N2O5S. The number of amides is 2. The lowest BCUT2D eigenvalue weighted by Gasteiger charge is -2.32. The average molecular weight is 416 g/mol. The van der Waals surface area contributed by atoms with Crippen LogP contribution in [0.15, 0.2) is 54.6 Å². The Hall–Kier alpha value is -2.87. The van der Waals surface area contributed by atoms with Crippen LogP contribution in [0.5, 0.6) is 11.5 Å². The van der Waals surface area contributed by atoms with E-state index in [-0.39, 0.29) is 5.91 Å². The smallest absolute Gasteiger partial charge is 0.257 e. The van der Waals surface area contributed by atoms with Gasteiger partial charge in [-0.2, -0.15) is 0 Å². The largest absolute Gasteiger partial charge is 0.457 e. The van der Waals surface area contributed by atoms with Gasteiger partial charge in [-0.05, 0) is 37.1 Å². The van der Waals surface area contributed by atoms with Gasteiger partial charge in [0.2, 0.25) is 5.91 Å². The minimum atomic E-state index is -3.53. The van der Waals surface area contributed by atoms with Crippen LogP contribution in [-0.4, -0.2) is 56.3 Å². The number of nitrogens with one attached hydrogen (secondary N) is 1. The number of carbonyl (C=O) groups excluding carboxylic acids is 2. The third-order valence-electron chi connectivity index (χ3n) is 4.94. The summed E-state index contributed by atoms with van der Waals surface area (Å²) in [7, 11) is -2.12. The number of piperidine rings is 1. The van der Waals surface area contributed by atoms with Crippen molar-refractivity contribution >= 4 is 21.7 Å². The zero-order valence-corrected chi connectivity index (χ0v) is 17.0. The molecule has 0 aromatic heterocycles. The van der Waals surface area contributed by atoms with Gasteiger partial charge in [-0.3, -0.25) is 9.59 Å². The van der Waals surface area contributed by atoms with Crippen LogP contribution in [0.4, 0.5) is 0 Å². The lowest BCUT2D eigenvalue weighted by Crippen LogP contribution is -2.44. The number of hydrogen-bond acceptors (Lipinski definition) is 5. The van der Waals surface area contributed by atoms with Crippen LogP contribution in [0, 0.1) is 0 Å². The van der Waals surface area contributed by atoms with Gasteiger partial charge in [-0.1, -0.05) is 30.3 Å². The van der Waals surface area contributed by atoms with Gasteiger partial charge in [0, 0.05) is 20.1 Å². The molecule has 0 aliphatic carbocycles. The molecule has 154 valence electrons. The van der Waals surface area contributed by atoms with Crippen LogP contribution < -0.4 is 10.1 Å². The number of likely N-dealkylation sites (tertiary alicyclic amines) is 1. The van der Waals surface area contributed by atoms with E-state index in [9.17, 15) is 18.0 Å². The second-order valence-corrected chi connectivity index (χ2v) is 9.16. The number of hydrogen-bond donors (Lipinski definition) is 1. The summed E-state index contributed by atoms with van der Waals surface area (Å²) in [6.45, 7) is 0.631. The van der Waals surface area contributed by atoms with Gasteiger partial charge in [0.25, 0.3) is 5.91 Å². The summed E-state index contributed by atoms with van der Waals surface area (Å²) in [6, 6.07) is 16.2. The van der Waals surface area contributed by atoms with Crippen LogP contribution in [0.2, 0.25) is 0 Å². The summed E-state index contributed by atoms with van der Waals surface area (Å²) in [5.74, 6) is -0.144. The summed E-state index contributed by atoms with van der Waals surface area (Å²) in [4.78, 5) is 26.1. The molecule has 1 fully saturated rings. The molecule has 1 heterocycles. The Balaban J connectivity index is 1.68. The molecule has 0 spiro atoms. The van der Waals surface area contributed by atoms with Crippen molar-refractivity contribution in [1.29, 1.82) is 0 Å². The van der Waals surface area contributed by atoms with Crippen LogP contribution in [-0.2, 0) is 14.6 Å². The second-order valence-electron chi connectivity index (χ2n) is 6.88. The van der Waals surface area contributed by atoms with E-state index in [1.165, 1.54) is 7.05 Å². The van der Waals surface area contributed by atoms with E-state index in [1.807, 2.05) is 30.3 Å². The Morgan fingerprint density at radius 1 is 1.03 bits per heavy atom. The first-order valence-electron chi connectivity index (χ1n) is 9.44.